The largest absolute Gasteiger partial charge is 0.381 e. The second-order valence-corrected chi connectivity index (χ2v) is 7.69. The minimum absolute atomic E-state index is 0.835. The molecule has 0 aromatic heterocycles. The molecule has 0 aromatic rings. The van der Waals surface area contributed by atoms with Gasteiger partial charge >= 0.3 is 0 Å². The van der Waals surface area contributed by atoms with Crippen LogP contribution in [0.5, 0.6) is 0 Å². The third-order valence-electron chi connectivity index (χ3n) is 5.40. The standard InChI is InChI=1S/C22H43O/c1-3-5-6-7-10-13-16-21-20-22(21)17-14-11-8-9-12-15-19-23-18-4-2/h21-22H,2-20H2,1H3. The molecule has 1 aliphatic carbocycles. The highest BCUT2D eigenvalue weighted by molar-refractivity contribution is 4.85. The number of hydrogen-bond donors (Lipinski definition) is 0. The zero-order valence-electron chi connectivity index (χ0n) is 16.0. The minimum atomic E-state index is 0.835. The molecule has 0 spiro atoms. The fraction of sp³-hybridized carbons (Fsp3) is 0.955. The summed E-state index contributed by atoms with van der Waals surface area (Å²) < 4.78 is 5.46. The van der Waals surface area contributed by atoms with Gasteiger partial charge in [-0.1, -0.05) is 97.3 Å². The maximum Gasteiger partial charge on any atom is 0.0466 e. The Morgan fingerprint density at radius 1 is 0.696 bits per heavy atom. The molecule has 1 aliphatic rings. The molecule has 1 heteroatoms. The van der Waals surface area contributed by atoms with E-state index in [4.69, 9.17) is 4.74 Å². The molecule has 1 radical (unpaired) electrons. The Labute approximate surface area is 147 Å². The van der Waals surface area contributed by atoms with Gasteiger partial charge in [-0.15, -0.1) is 0 Å². The molecular weight excluding hydrogens is 280 g/mol. The first-order valence-corrected chi connectivity index (χ1v) is 10.8. The average Bonchev–Trinajstić information content (AvgIpc) is 3.31. The first-order valence-electron chi connectivity index (χ1n) is 10.8. The van der Waals surface area contributed by atoms with E-state index in [0.29, 0.717) is 0 Å². The number of hydrogen-bond acceptors (Lipinski definition) is 1. The highest BCUT2D eigenvalue weighted by Gasteiger charge is 2.34. The van der Waals surface area contributed by atoms with Gasteiger partial charge in [-0.3, -0.25) is 0 Å². The van der Waals surface area contributed by atoms with E-state index in [1.807, 2.05) is 0 Å². The monoisotopic (exact) mass is 323 g/mol. The molecule has 23 heavy (non-hydrogen) atoms. The summed E-state index contributed by atoms with van der Waals surface area (Å²) in [6.45, 7) is 7.86. The highest BCUT2D eigenvalue weighted by Crippen LogP contribution is 2.45. The predicted octanol–water partition coefficient (Wildman–Crippen LogP) is 7.34. The fourth-order valence-electron chi connectivity index (χ4n) is 3.73. The summed E-state index contributed by atoms with van der Waals surface area (Å²) >= 11 is 0. The van der Waals surface area contributed by atoms with Crippen molar-refractivity contribution in [1.29, 1.82) is 0 Å². The number of unbranched alkanes of at least 4 members (excludes halogenated alkanes) is 10. The summed E-state index contributed by atoms with van der Waals surface area (Å²) in [5.74, 6) is 2.23. The Hall–Kier alpha value is -0.0400. The lowest BCUT2D eigenvalue weighted by atomic mass is 10.0. The summed E-state index contributed by atoms with van der Waals surface area (Å²) in [6, 6.07) is 0. The van der Waals surface area contributed by atoms with Gasteiger partial charge in [-0.2, -0.15) is 0 Å². The van der Waals surface area contributed by atoms with Gasteiger partial charge in [0.25, 0.3) is 0 Å². The van der Waals surface area contributed by atoms with Gasteiger partial charge < -0.3 is 4.74 Å². The summed E-state index contributed by atoms with van der Waals surface area (Å²) in [4.78, 5) is 0. The number of rotatable bonds is 18. The molecule has 0 heterocycles. The van der Waals surface area contributed by atoms with Crippen molar-refractivity contribution in [2.45, 2.75) is 110 Å². The van der Waals surface area contributed by atoms with E-state index in [1.54, 1.807) is 6.42 Å². The summed E-state index contributed by atoms with van der Waals surface area (Å²) in [6.07, 6.45) is 22.6. The quantitative estimate of drug-likeness (QED) is 0.240. The first kappa shape index (κ1) is 21.0. The Morgan fingerprint density at radius 2 is 1.22 bits per heavy atom. The van der Waals surface area contributed by atoms with Crippen molar-refractivity contribution < 1.29 is 4.74 Å². The maximum atomic E-state index is 5.46. The van der Waals surface area contributed by atoms with Gasteiger partial charge in [-0.25, -0.2) is 0 Å². The topological polar surface area (TPSA) is 9.23 Å². The molecule has 1 fully saturated rings. The first-order chi connectivity index (χ1) is 11.4. The van der Waals surface area contributed by atoms with E-state index in [-0.39, 0.29) is 0 Å². The molecule has 2 unspecified atom stereocenters. The van der Waals surface area contributed by atoms with Crippen LogP contribution in [-0.2, 0) is 4.74 Å². The Morgan fingerprint density at radius 3 is 1.78 bits per heavy atom. The molecular formula is C22H43O. The van der Waals surface area contributed by atoms with Gasteiger partial charge in [0, 0.05) is 13.2 Å². The molecule has 1 nitrogen and oxygen atoms in total. The molecule has 0 saturated heterocycles. The second kappa shape index (κ2) is 15.5. The fourth-order valence-corrected chi connectivity index (χ4v) is 3.73. The van der Waals surface area contributed by atoms with Gasteiger partial charge in [0.1, 0.15) is 0 Å². The van der Waals surface area contributed by atoms with E-state index in [1.165, 1.54) is 89.9 Å². The molecule has 1 saturated carbocycles. The SMILES string of the molecule is [CH2]CCOCCCCCCCCC1CC1CCCCCCCC. The van der Waals surface area contributed by atoms with Crippen LogP contribution in [0.15, 0.2) is 0 Å². The van der Waals surface area contributed by atoms with Crippen molar-refractivity contribution in [2.75, 3.05) is 13.2 Å². The molecule has 0 bridgehead atoms. The van der Waals surface area contributed by atoms with Crippen molar-refractivity contribution in [3.05, 3.63) is 6.92 Å². The second-order valence-electron chi connectivity index (χ2n) is 7.69. The Balaban J connectivity index is 1.72. The van der Waals surface area contributed by atoms with Crippen LogP contribution >= 0.6 is 0 Å². The lowest BCUT2D eigenvalue weighted by Gasteiger charge is -2.04. The molecule has 137 valence electrons. The summed E-state index contributed by atoms with van der Waals surface area (Å²) in [5, 5.41) is 0. The Bertz CT molecular complexity index is 238. The van der Waals surface area contributed by atoms with E-state index < -0.39 is 0 Å². The third-order valence-corrected chi connectivity index (χ3v) is 5.40. The van der Waals surface area contributed by atoms with E-state index >= 15 is 0 Å². The molecule has 1 rings (SSSR count). The van der Waals surface area contributed by atoms with Crippen molar-refractivity contribution in [3.8, 4) is 0 Å². The van der Waals surface area contributed by atoms with Crippen LogP contribution in [0.1, 0.15) is 110 Å². The van der Waals surface area contributed by atoms with E-state index in [0.717, 1.165) is 31.5 Å². The number of ether oxygens (including phenoxy) is 1. The molecule has 0 aromatic carbocycles. The zero-order valence-corrected chi connectivity index (χ0v) is 16.0. The van der Waals surface area contributed by atoms with Crippen molar-refractivity contribution in [2.24, 2.45) is 11.8 Å². The average molecular weight is 324 g/mol. The van der Waals surface area contributed by atoms with Gasteiger partial charge in [0.2, 0.25) is 0 Å². The van der Waals surface area contributed by atoms with Crippen LogP contribution < -0.4 is 0 Å². The van der Waals surface area contributed by atoms with Crippen LogP contribution in [0, 0.1) is 18.8 Å². The third kappa shape index (κ3) is 13.0. The lowest BCUT2D eigenvalue weighted by Crippen LogP contribution is -1.95. The van der Waals surface area contributed by atoms with Crippen LogP contribution in [-0.4, -0.2) is 13.2 Å². The highest BCUT2D eigenvalue weighted by atomic mass is 16.5. The molecule has 0 amide bonds. The van der Waals surface area contributed by atoms with Gasteiger partial charge in [0.15, 0.2) is 0 Å². The Kier molecular flexibility index (Phi) is 14.1. The molecule has 0 N–H and O–H groups in total. The van der Waals surface area contributed by atoms with E-state index in [9.17, 15) is 0 Å². The lowest BCUT2D eigenvalue weighted by molar-refractivity contribution is 0.134. The summed E-state index contributed by atoms with van der Waals surface area (Å²) in [7, 11) is 0. The smallest absolute Gasteiger partial charge is 0.0466 e. The van der Waals surface area contributed by atoms with Crippen LogP contribution in [0.2, 0.25) is 0 Å². The zero-order chi connectivity index (χ0) is 16.6. The normalized spacial score (nSPS) is 20.1. The molecule has 2 atom stereocenters. The van der Waals surface area contributed by atoms with Crippen molar-refractivity contribution in [3.63, 3.8) is 0 Å². The van der Waals surface area contributed by atoms with Crippen molar-refractivity contribution >= 4 is 0 Å². The van der Waals surface area contributed by atoms with Gasteiger partial charge in [-0.05, 0) is 31.1 Å². The van der Waals surface area contributed by atoms with E-state index in [2.05, 4.69) is 13.8 Å². The summed E-state index contributed by atoms with van der Waals surface area (Å²) in [5.41, 5.74) is 0. The van der Waals surface area contributed by atoms with Crippen molar-refractivity contribution in [1.82, 2.24) is 0 Å². The molecule has 0 aliphatic heterocycles. The van der Waals surface area contributed by atoms with Crippen LogP contribution in [0.3, 0.4) is 0 Å². The van der Waals surface area contributed by atoms with Crippen LogP contribution in [0.25, 0.3) is 0 Å². The van der Waals surface area contributed by atoms with Gasteiger partial charge in [0.05, 0.1) is 0 Å². The predicted molar refractivity (Wildman–Crippen MR) is 103 cm³/mol. The van der Waals surface area contributed by atoms with Crippen LogP contribution in [0.4, 0.5) is 0 Å². The minimum Gasteiger partial charge on any atom is -0.381 e. The maximum absolute atomic E-state index is 5.46.